The molecule has 2 aromatic carbocycles. The van der Waals surface area contributed by atoms with Gasteiger partial charge in [0.1, 0.15) is 0 Å². The zero-order valence-corrected chi connectivity index (χ0v) is 15.8. The van der Waals surface area contributed by atoms with Gasteiger partial charge in [0.25, 0.3) is 5.89 Å². The normalized spacial score (nSPS) is 16.8. The van der Waals surface area contributed by atoms with Crippen LogP contribution in [0.1, 0.15) is 25.3 Å². The number of thioether (sulfide) groups is 1. The molecule has 28 heavy (non-hydrogen) atoms. The van der Waals surface area contributed by atoms with E-state index in [-0.39, 0.29) is 18.2 Å². The molecule has 1 aliphatic rings. The molecule has 0 unspecified atom stereocenters. The molecule has 142 valence electrons. The van der Waals surface area contributed by atoms with Crippen LogP contribution < -0.4 is 5.32 Å². The predicted octanol–water partition coefficient (Wildman–Crippen LogP) is 3.84. The maximum Gasteiger partial charge on any atom is 0.308 e. The molecule has 8 heteroatoms. The zero-order valence-electron chi connectivity index (χ0n) is 15.0. The van der Waals surface area contributed by atoms with Crippen LogP contribution in [-0.2, 0) is 14.3 Å². The topological polar surface area (TPSA) is 94.3 Å². The van der Waals surface area contributed by atoms with Crippen LogP contribution in [0.5, 0.6) is 0 Å². The summed E-state index contributed by atoms with van der Waals surface area (Å²) in [5.74, 6) is -0.146. The second kappa shape index (κ2) is 7.85. The smallest absolute Gasteiger partial charge is 0.308 e. The third-order valence-corrected chi connectivity index (χ3v) is 5.45. The van der Waals surface area contributed by atoms with Gasteiger partial charge in [0.2, 0.25) is 11.8 Å². The second-order valence-electron chi connectivity index (χ2n) is 6.24. The fourth-order valence-electron chi connectivity index (χ4n) is 2.77. The Morgan fingerprint density at radius 2 is 1.93 bits per heavy atom. The van der Waals surface area contributed by atoms with Gasteiger partial charge in [-0.25, -0.2) is 0 Å². The van der Waals surface area contributed by atoms with E-state index < -0.39 is 17.3 Å². The number of anilines is 1. The molecule has 0 saturated carbocycles. The molecule has 0 aliphatic carbocycles. The molecular weight excluding hydrogens is 378 g/mol. The minimum absolute atomic E-state index is 0.0468. The van der Waals surface area contributed by atoms with E-state index in [1.165, 1.54) is 11.8 Å². The van der Waals surface area contributed by atoms with E-state index in [1.807, 2.05) is 54.6 Å². The van der Waals surface area contributed by atoms with Crippen molar-refractivity contribution in [3.05, 3.63) is 60.5 Å². The first kappa shape index (κ1) is 18.2. The standard InChI is InChI=1S/C20H17N3O4S/c1-12(19-22-23-20(27-19)13-7-3-2-4-8-13)26-17(24)11-16-18(25)21-14-9-5-6-10-15(14)28-16/h2-10,12,16H,11H2,1H3,(H,21,25)/t12-,16-/m1/s1. The third kappa shape index (κ3) is 3.91. The van der Waals surface area contributed by atoms with Crippen molar-refractivity contribution >= 4 is 29.3 Å². The van der Waals surface area contributed by atoms with Gasteiger partial charge in [0.05, 0.1) is 17.4 Å². The molecule has 3 aromatic rings. The van der Waals surface area contributed by atoms with Gasteiger partial charge in [-0.05, 0) is 31.2 Å². The number of ether oxygens (including phenoxy) is 1. The molecule has 0 radical (unpaired) electrons. The number of amides is 1. The van der Waals surface area contributed by atoms with Crippen molar-refractivity contribution in [3.63, 3.8) is 0 Å². The molecule has 2 atom stereocenters. The first-order valence-corrected chi connectivity index (χ1v) is 9.63. The van der Waals surface area contributed by atoms with Crippen molar-refractivity contribution in [1.82, 2.24) is 10.2 Å². The van der Waals surface area contributed by atoms with Gasteiger partial charge in [-0.15, -0.1) is 22.0 Å². The lowest BCUT2D eigenvalue weighted by atomic mass is 10.2. The Balaban J connectivity index is 1.38. The number of hydrogen-bond donors (Lipinski definition) is 1. The number of nitrogens with one attached hydrogen (secondary N) is 1. The van der Waals surface area contributed by atoms with Gasteiger partial charge in [0, 0.05) is 10.5 Å². The summed E-state index contributed by atoms with van der Waals surface area (Å²) in [4.78, 5) is 25.5. The molecule has 4 rings (SSSR count). The number of carbonyl (C=O) groups is 2. The van der Waals surface area contributed by atoms with Crippen LogP contribution in [0, 0.1) is 0 Å². The molecule has 0 spiro atoms. The molecule has 7 nitrogen and oxygen atoms in total. The molecule has 0 bridgehead atoms. The number of benzene rings is 2. The zero-order chi connectivity index (χ0) is 19.5. The fraction of sp³-hybridized carbons (Fsp3) is 0.200. The monoisotopic (exact) mass is 395 g/mol. The lowest BCUT2D eigenvalue weighted by molar-refractivity contribution is -0.150. The number of rotatable bonds is 5. The number of fused-ring (bicyclic) bond motifs is 1. The van der Waals surface area contributed by atoms with Gasteiger partial charge in [-0.1, -0.05) is 30.3 Å². The first-order chi connectivity index (χ1) is 13.6. The maximum atomic E-state index is 12.3. The van der Waals surface area contributed by atoms with E-state index >= 15 is 0 Å². The van der Waals surface area contributed by atoms with Gasteiger partial charge >= 0.3 is 5.97 Å². The molecule has 0 fully saturated rings. The summed E-state index contributed by atoms with van der Waals surface area (Å²) in [6.45, 7) is 1.66. The number of esters is 1. The first-order valence-electron chi connectivity index (χ1n) is 8.75. The van der Waals surface area contributed by atoms with Crippen LogP contribution >= 0.6 is 11.8 Å². The van der Waals surface area contributed by atoms with Gasteiger partial charge in [0.15, 0.2) is 6.10 Å². The van der Waals surface area contributed by atoms with Gasteiger partial charge in [-0.3, -0.25) is 9.59 Å². The summed E-state index contributed by atoms with van der Waals surface area (Å²) >= 11 is 1.35. The number of carbonyl (C=O) groups excluding carboxylic acids is 2. The molecule has 1 aromatic heterocycles. The van der Waals surface area contributed by atoms with Crippen molar-refractivity contribution in [3.8, 4) is 11.5 Å². The summed E-state index contributed by atoms with van der Waals surface area (Å²) in [6, 6.07) is 16.8. The van der Waals surface area contributed by atoms with E-state index in [2.05, 4.69) is 15.5 Å². The van der Waals surface area contributed by atoms with E-state index in [1.54, 1.807) is 6.92 Å². The van der Waals surface area contributed by atoms with E-state index in [4.69, 9.17) is 9.15 Å². The SMILES string of the molecule is C[C@@H](OC(=O)C[C@H]1Sc2ccccc2NC1=O)c1nnc(-c2ccccc2)o1. The van der Waals surface area contributed by atoms with E-state index in [0.29, 0.717) is 5.89 Å². The number of hydrogen-bond acceptors (Lipinski definition) is 7. The molecule has 1 amide bonds. The average molecular weight is 395 g/mol. The summed E-state index contributed by atoms with van der Waals surface area (Å²) in [7, 11) is 0. The Labute approximate surface area is 165 Å². The number of para-hydroxylation sites is 1. The van der Waals surface area contributed by atoms with Crippen LogP contribution in [0.2, 0.25) is 0 Å². The Bertz CT molecular complexity index is 1010. The Morgan fingerprint density at radius 3 is 2.75 bits per heavy atom. The lowest BCUT2D eigenvalue weighted by Crippen LogP contribution is -2.31. The van der Waals surface area contributed by atoms with E-state index in [0.717, 1.165) is 16.1 Å². The number of aromatic nitrogens is 2. The van der Waals surface area contributed by atoms with E-state index in [9.17, 15) is 9.59 Å². The van der Waals surface area contributed by atoms with Crippen molar-refractivity contribution in [2.24, 2.45) is 0 Å². The fourth-order valence-corrected chi connectivity index (χ4v) is 3.87. The van der Waals surface area contributed by atoms with Gasteiger partial charge < -0.3 is 14.5 Å². The Morgan fingerprint density at radius 1 is 1.18 bits per heavy atom. The molecular formula is C20H17N3O4S. The van der Waals surface area contributed by atoms with Crippen molar-refractivity contribution in [1.29, 1.82) is 0 Å². The maximum absolute atomic E-state index is 12.3. The highest BCUT2D eigenvalue weighted by atomic mass is 32.2. The predicted molar refractivity (Wildman–Crippen MR) is 104 cm³/mol. The average Bonchev–Trinajstić information content (AvgIpc) is 3.20. The molecule has 2 heterocycles. The van der Waals surface area contributed by atoms with Crippen molar-refractivity contribution < 1.29 is 18.7 Å². The molecule has 1 aliphatic heterocycles. The summed E-state index contributed by atoms with van der Waals surface area (Å²) in [5, 5.41) is 10.2. The van der Waals surface area contributed by atoms with Crippen LogP contribution in [0.3, 0.4) is 0 Å². The van der Waals surface area contributed by atoms with Crippen molar-refractivity contribution in [2.45, 2.75) is 29.6 Å². The molecule has 1 N–H and O–H groups in total. The Kier molecular flexibility index (Phi) is 5.12. The van der Waals surface area contributed by atoms with Crippen LogP contribution in [0.4, 0.5) is 5.69 Å². The molecule has 0 saturated heterocycles. The van der Waals surface area contributed by atoms with Crippen LogP contribution in [0.15, 0.2) is 63.9 Å². The second-order valence-corrected chi connectivity index (χ2v) is 7.48. The quantitative estimate of drug-likeness (QED) is 0.656. The summed E-state index contributed by atoms with van der Waals surface area (Å²) in [5.41, 5.74) is 1.54. The highest BCUT2D eigenvalue weighted by molar-refractivity contribution is 8.01. The minimum Gasteiger partial charge on any atom is -0.453 e. The lowest BCUT2D eigenvalue weighted by Gasteiger charge is -2.23. The largest absolute Gasteiger partial charge is 0.453 e. The highest BCUT2D eigenvalue weighted by Gasteiger charge is 2.30. The van der Waals surface area contributed by atoms with Crippen LogP contribution in [0.25, 0.3) is 11.5 Å². The third-order valence-electron chi connectivity index (χ3n) is 4.18. The highest BCUT2D eigenvalue weighted by Crippen LogP contribution is 2.37. The number of nitrogens with zero attached hydrogens (tertiary/aromatic N) is 2. The Hall–Kier alpha value is -3.13. The van der Waals surface area contributed by atoms with Gasteiger partial charge in [-0.2, -0.15) is 0 Å². The summed E-state index contributed by atoms with van der Waals surface area (Å²) in [6.07, 6.45) is -0.754. The van der Waals surface area contributed by atoms with Crippen LogP contribution in [-0.4, -0.2) is 27.3 Å². The minimum atomic E-state index is -0.707. The van der Waals surface area contributed by atoms with Crippen molar-refractivity contribution in [2.75, 3.05) is 5.32 Å². The summed E-state index contributed by atoms with van der Waals surface area (Å²) < 4.78 is 11.0.